The molecule has 3 aromatic rings. The van der Waals surface area contributed by atoms with E-state index in [1.54, 1.807) is 6.20 Å². The van der Waals surface area contributed by atoms with Gasteiger partial charge in [0, 0.05) is 25.7 Å². The number of urea groups is 1. The van der Waals surface area contributed by atoms with Gasteiger partial charge in [-0.2, -0.15) is 0 Å². The number of hydrogen-bond donors (Lipinski definition) is 2. The Bertz CT molecular complexity index is 1240. The number of hydrogen-bond acceptors (Lipinski definition) is 5. The van der Waals surface area contributed by atoms with E-state index in [9.17, 15) is 9.18 Å². The van der Waals surface area contributed by atoms with Crippen LogP contribution in [0.3, 0.4) is 0 Å². The van der Waals surface area contributed by atoms with Crippen molar-refractivity contribution in [1.29, 1.82) is 5.41 Å². The Morgan fingerprint density at radius 3 is 2.37 bits per heavy atom. The van der Waals surface area contributed by atoms with Crippen LogP contribution in [-0.4, -0.2) is 41.5 Å². The third-order valence-corrected chi connectivity index (χ3v) is 8.04. The summed E-state index contributed by atoms with van der Waals surface area (Å²) in [6.07, 6.45) is 3.82. The van der Waals surface area contributed by atoms with Gasteiger partial charge in [-0.15, -0.1) is 11.3 Å². The Labute approximate surface area is 228 Å². The summed E-state index contributed by atoms with van der Waals surface area (Å²) in [7, 11) is 0. The van der Waals surface area contributed by atoms with E-state index in [0.717, 1.165) is 34.4 Å². The Balaban J connectivity index is 1.23. The molecular weight excluding hydrogens is 499 g/mol. The normalized spacial score (nSPS) is 14.6. The predicted molar refractivity (Wildman–Crippen MR) is 152 cm³/mol. The third kappa shape index (κ3) is 6.66. The lowest BCUT2D eigenvalue weighted by Crippen LogP contribution is -2.43. The highest BCUT2D eigenvalue weighted by Crippen LogP contribution is 2.39. The standard InChI is InChI=1S/C30H37FN4O2S/c1-5-35(28(36)34-17-22-11-15-24(16-12-22)29(2,3)4)26(32)8-6-7-21-9-13-23(14-10-21)25-18-33-27(38-25)30(31)19-37-20-30/h9-16,18,32H,5-8,17,19-20H2,1-4H3,(H,34,36). The zero-order chi connectivity index (χ0) is 27.3. The summed E-state index contributed by atoms with van der Waals surface area (Å²) in [5.41, 5.74) is 3.12. The minimum absolute atomic E-state index is 0.0798. The highest BCUT2D eigenvalue weighted by molar-refractivity contribution is 7.15. The molecule has 2 amide bonds. The molecular formula is C30H37FN4O2S. The minimum Gasteiger partial charge on any atom is -0.374 e. The van der Waals surface area contributed by atoms with Crippen LogP contribution in [0, 0.1) is 5.41 Å². The van der Waals surface area contributed by atoms with Crippen LogP contribution in [0.5, 0.6) is 0 Å². The van der Waals surface area contributed by atoms with Gasteiger partial charge in [0.2, 0.25) is 5.67 Å². The third-order valence-electron chi connectivity index (χ3n) is 6.82. The number of aryl methyl sites for hydroxylation is 1. The van der Waals surface area contributed by atoms with Crippen LogP contribution in [0.4, 0.5) is 9.18 Å². The first-order valence-electron chi connectivity index (χ1n) is 13.1. The average Bonchev–Trinajstić information content (AvgIpc) is 3.37. The monoisotopic (exact) mass is 536 g/mol. The van der Waals surface area contributed by atoms with E-state index in [2.05, 4.69) is 55.3 Å². The molecule has 0 saturated carbocycles. The summed E-state index contributed by atoms with van der Waals surface area (Å²) in [6, 6.07) is 16.2. The van der Waals surface area contributed by atoms with Crippen LogP contribution in [0.1, 0.15) is 62.2 Å². The summed E-state index contributed by atoms with van der Waals surface area (Å²) in [4.78, 5) is 19.4. The number of amidine groups is 1. The van der Waals surface area contributed by atoms with E-state index in [-0.39, 0.29) is 24.7 Å². The van der Waals surface area contributed by atoms with Crippen LogP contribution in [-0.2, 0) is 28.8 Å². The summed E-state index contributed by atoms with van der Waals surface area (Å²) in [5, 5.41) is 11.9. The molecule has 0 bridgehead atoms. The maximum absolute atomic E-state index is 14.5. The van der Waals surface area contributed by atoms with E-state index in [4.69, 9.17) is 10.1 Å². The van der Waals surface area contributed by atoms with E-state index in [1.807, 2.05) is 31.2 Å². The second-order valence-electron chi connectivity index (χ2n) is 10.8. The number of nitrogens with one attached hydrogen (secondary N) is 2. The molecule has 2 N–H and O–H groups in total. The van der Waals surface area contributed by atoms with Gasteiger partial charge in [-0.05, 0) is 47.4 Å². The molecule has 1 aliphatic heterocycles. The van der Waals surface area contributed by atoms with Crippen molar-refractivity contribution >= 4 is 23.2 Å². The number of halogens is 1. The van der Waals surface area contributed by atoms with E-state index < -0.39 is 5.67 Å². The lowest BCUT2D eigenvalue weighted by atomic mass is 9.87. The highest BCUT2D eigenvalue weighted by atomic mass is 32.1. The Morgan fingerprint density at radius 1 is 1.13 bits per heavy atom. The van der Waals surface area contributed by atoms with Crippen molar-refractivity contribution < 1.29 is 13.9 Å². The number of amides is 2. The number of benzene rings is 2. The molecule has 1 fully saturated rings. The van der Waals surface area contributed by atoms with Crippen molar-refractivity contribution in [2.24, 2.45) is 0 Å². The molecule has 202 valence electrons. The topological polar surface area (TPSA) is 78.3 Å². The van der Waals surface area contributed by atoms with Gasteiger partial charge in [0.1, 0.15) is 10.8 Å². The molecule has 0 unspecified atom stereocenters. The number of ether oxygens (including phenoxy) is 1. The Morgan fingerprint density at radius 2 is 1.79 bits per heavy atom. The average molecular weight is 537 g/mol. The quantitative estimate of drug-likeness (QED) is 0.232. The summed E-state index contributed by atoms with van der Waals surface area (Å²) < 4.78 is 19.5. The van der Waals surface area contributed by atoms with Crippen LogP contribution in [0.25, 0.3) is 10.4 Å². The number of aromatic nitrogens is 1. The van der Waals surface area contributed by atoms with Crippen LogP contribution >= 0.6 is 11.3 Å². The molecule has 0 aliphatic carbocycles. The van der Waals surface area contributed by atoms with Crippen molar-refractivity contribution in [2.75, 3.05) is 19.8 Å². The SMILES string of the molecule is CCN(C(=N)CCCc1ccc(-c2cnc(C3(F)COC3)s2)cc1)C(=O)NCc1ccc(C(C)(C)C)cc1. The van der Waals surface area contributed by atoms with Crippen LogP contribution in [0.2, 0.25) is 0 Å². The molecule has 1 aliphatic rings. The fourth-order valence-corrected chi connectivity index (χ4v) is 5.28. The molecule has 1 saturated heterocycles. The molecule has 8 heteroatoms. The molecule has 0 atom stereocenters. The van der Waals surface area contributed by atoms with Crippen molar-refractivity contribution in [3.05, 3.63) is 76.4 Å². The lowest BCUT2D eigenvalue weighted by Gasteiger charge is -2.31. The molecule has 1 aromatic heterocycles. The number of carbonyl (C=O) groups is 1. The van der Waals surface area contributed by atoms with Crippen LogP contribution < -0.4 is 5.32 Å². The number of carbonyl (C=O) groups excluding carboxylic acids is 1. The fraction of sp³-hybridized carbons (Fsp3) is 0.433. The van der Waals surface area contributed by atoms with Gasteiger partial charge >= 0.3 is 6.03 Å². The zero-order valence-electron chi connectivity index (χ0n) is 22.6. The van der Waals surface area contributed by atoms with E-state index in [0.29, 0.717) is 30.4 Å². The molecule has 6 nitrogen and oxygen atoms in total. The predicted octanol–water partition coefficient (Wildman–Crippen LogP) is 6.83. The van der Waals surface area contributed by atoms with Crippen molar-refractivity contribution in [1.82, 2.24) is 15.2 Å². The van der Waals surface area contributed by atoms with E-state index >= 15 is 0 Å². The number of alkyl halides is 1. The largest absolute Gasteiger partial charge is 0.374 e. The molecule has 2 aromatic carbocycles. The minimum atomic E-state index is -1.44. The van der Waals surface area contributed by atoms with Gasteiger partial charge < -0.3 is 10.1 Å². The summed E-state index contributed by atoms with van der Waals surface area (Å²) in [6.45, 7) is 9.46. The number of thiazole rings is 1. The van der Waals surface area contributed by atoms with Crippen molar-refractivity contribution in [3.8, 4) is 10.4 Å². The lowest BCUT2D eigenvalue weighted by molar-refractivity contribution is -0.135. The molecule has 0 spiro atoms. The first kappa shape index (κ1) is 27.9. The van der Waals surface area contributed by atoms with E-state index in [1.165, 1.54) is 21.8 Å². The van der Waals surface area contributed by atoms with Gasteiger partial charge in [0.15, 0.2) is 0 Å². The Kier molecular flexibility index (Phi) is 8.63. The first-order chi connectivity index (χ1) is 18.1. The van der Waals surface area contributed by atoms with Gasteiger partial charge in [-0.3, -0.25) is 10.3 Å². The second kappa shape index (κ2) is 11.7. The second-order valence-corrected chi connectivity index (χ2v) is 11.9. The van der Waals surface area contributed by atoms with Gasteiger partial charge in [0.05, 0.1) is 18.1 Å². The maximum atomic E-state index is 14.5. The Hall–Kier alpha value is -3.10. The van der Waals surface area contributed by atoms with Gasteiger partial charge in [-0.25, -0.2) is 14.2 Å². The van der Waals surface area contributed by atoms with Gasteiger partial charge in [-0.1, -0.05) is 69.3 Å². The molecule has 0 radical (unpaired) electrons. The zero-order valence-corrected chi connectivity index (χ0v) is 23.5. The number of nitrogens with zero attached hydrogens (tertiary/aromatic N) is 2. The molecule has 2 heterocycles. The smallest absolute Gasteiger partial charge is 0.323 e. The number of rotatable bonds is 9. The summed E-state index contributed by atoms with van der Waals surface area (Å²) in [5.74, 6) is 0.321. The highest BCUT2D eigenvalue weighted by Gasteiger charge is 2.43. The molecule has 38 heavy (non-hydrogen) atoms. The van der Waals surface area contributed by atoms with Crippen molar-refractivity contribution in [3.63, 3.8) is 0 Å². The fourth-order valence-electron chi connectivity index (χ4n) is 4.30. The first-order valence-corrected chi connectivity index (χ1v) is 14.0. The molecule has 4 rings (SSSR count). The summed E-state index contributed by atoms with van der Waals surface area (Å²) >= 11 is 1.37. The van der Waals surface area contributed by atoms with Crippen LogP contribution in [0.15, 0.2) is 54.7 Å². The van der Waals surface area contributed by atoms with Crippen molar-refractivity contribution in [2.45, 2.75) is 64.6 Å². The van der Waals surface area contributed by atoms with Gasteiger partial charge in [0.25, 0.3) is 0 Å². The maximum Gasteiger partial charge on any atom is 0.323 e.